The number of guanidine groups is 1. The quantitative estimate of drug-likeness (QED) is 0.324. The number of halogens is 1. The van der Waals surface area contributed by atoms with Crippen molar-refractivity contribution in [2.75, 3.05) is 40.7 Å². The number of hydrogen-bond acceptors (Lipinski definition) is 5. The van der Waals surface area contributed by atoms with Gasteiger partial charge in [-0.25, -0.2) is 4.79 Å². The maximum atomic E-state index is 11.2. The standard InChI is InChI=1S/C21H28N4O4.HI/c1-22-20(23-13-15-6-9-17(10-7-15)24-21(26)29-5)25(2)14-16-8-11-18(27-3)12-19(16)28-4;/h6-12H,13-14H2,1-5H3,(H,22,23)(H,24,26);1H. The number of aliphatic imine (C=N–C) groups is 1. The highest BCUT2D eigenvalue weighted by atomic mass is 127. The van der Waals surface area contributed by atoms with Crippen LogP contribution >= 0.6 is 24.0 Å². The van der Waals surface area contributed by atoms with Crippen LogP contribution in [-0.2, 0) is 17.8 Å². The minimum absolute atomic E-state index is 0. The van der Waals surface area contributed by atoms with Gasteiger partial charge in [0.2, 0.25) is 0 Å². The van der Waals surface area contributed by atoms with Crippen LogP contribution in [0.15, 0.2) is 47.5 Å². The van der Waals surface area contributed by atoms with Crippen molar-refractivity contribution in [2.24, 2.45) is 4.99 Å². The summed E-state index contributed by atoms with van der Waals surface area (Å²) in [5, 5.41) is 5.96. The van der Waals surface area contributed by atoms with E-state index in [4.69, 9.17) is 9.47 Å². The lowest BCUT2D eigenvalue weighted by Crippen LogP contribution is -2.38. The van der Waals surface area contributed by atoms with E-state index in [-0.39, 0.29) is 24.0 Å². The van der Waals surface area contributed by atoms with Crippen molar-refractivity contribution in [3.05, 3.63) is 53.6 Å². The van der Waals surface area contributed by atoms with Crippen LogP contribution < -0.4 is 20.1 Å². The largest absolute Gasteiger partial charge is 0.497 e. The topological polar surface area (TPSA) is 84.4 Å². The van der Waals surface area contributed by atoms with E-state index in [9.17, 15) is 4.79 Å². The maximum Gasteiger partial charge on any atom is 0.411 e. The van der Waals surface area contributed by atoms with E-state index >= 15 is 0 Å². The molecule has 0 aromatic heterocycles. The molecule has 164 valence electrons. The lowest BCUT2D eigenvalue weighted by molar-refractivity contribution is 0.187. The third-order valence-electron chi connectivity index (χ3n) is 4.31. The maximum absolute atomic E-state index is 11.2. The highest BCUT2D eigenvalue weighted by Crippen LogP contribution is 2.25. The van der Waals surface area contributed by atoms with Crippen LogP contribution in [0.3, 0.4) is 0 Å². The van der Waals surface area contributed by atoms with E-state index in [1.807, 2.05) is 54.4 Å². The van der Waals surface area contributed by atoms with E-state index in [1.54, 1.807) is 21.3 Å². The lowest BCUT2D eigenvalue weighted by Gasteiger charge is -2.23. The number of carbonyl (C=O) groups is 1. The average molecular weight is 528 g/mol. The Kier molecular flexibility index (Phi) is 10.8. The molecule has 2 rings (SSSR count). The van der Waals surface area contributed by atoms with Gasteiger partial charge in [0.1, 0.15) is 11.5 Å². The first-order valence-corrected chi connectivity index (χ1v) is 9.07. The predicted octanol–water partition coefficient (Wildman–Crippen LogP) is 3.71. The van der Waals surface area contributed by atoms with Crippen LogP contribution in [0.4, 0.5) is 10.5 Å². The van der Waals surface area contributed by atoms with Gasteiger partial charge in [0.05, 0.1) is 21.3 Å². The van der Waals surface area contributed by atoms with Gasteiger partial charge in [-0.15, -0.1) is 24.0 Å². The summed E-state index contributed by atoms with van der Waals surface area (Å²) in [5.74, 6) is 2.26. The molecule has 0 heterocycles. The number of amides is 1. The predicted molar refractivity (Wildman–Crippen MR) is 129 cm³/mol. The zero-order valence-electron chi connectivity index (χ0n) is 17.9. The fourth-order valence-corrected chi connectivity index (χ4v) is 2.75. The molecule has 0 fully saturated rings. The average Bonchev–Trinajstić information content (AvgIpc) is 2.75. The molecule has 8 nitrogen and oxygen atoms in total. The fraction of sp³-hybridized carbons (Fsp3) is 0.333. The number of hydrogen-bond donors (Lipinski definition) is 2. The molecule has 1 amide bonds. The Balaban J connectivity index is 0.00000450. The van der Waals surface area contributed by atoms with Crippen molar-refractivity contribution in [2.45, 2.75) is 13.1 Å². The smallest absolute Gasteiger partial charge is 0.411 e. The highest BCUT2D eigenvalue weighted by Gasteiger charge is 2.11. The third kappa shape index (κ3) is 7.29. The molecule has 0 aliphatic carbocycles. The van der Waals surface area contributed by atoms with E-state index in [1.165, 1.54) is 7.11 Å². The van der Waals surface area contributed by atoms with Crippen LogP contribution in [0, 0.1) is 0 Å². The number of carbonyl (C=O) groups excluding carboxylic acids is 1. The molecule has 0 radical (unpaired) electrons. The summed E-state index contributed by atoms with van der Waals surface area (Å²) < 4.78 is 15.3. The van der Waals surface area contributed by atoms with Gasteiger partial charge in [-0.3, -0.25) is 10.3 Å². The second-order valence-corrected chi connectivity index (χ2v) is 6.25. The molecule has 0 unspecified atom stereocenters. The van der Waals surface area contributed by atoms with Crippen molar-refractivity contribution < 1.29 is 19.0 Å². The molecule has 0 aliphatic rings. The number of ether oxygens (including phenoxy) is 3. The number of nitrogens with one attached hydrogen (secondary N) is 2. The van der Waals surface area contributed by atoms with Gasteiger partial charge in [0.15, 0.2) is 5.96 Å². The summed E-state index contributed by atoms with van der Waals surface area (Å²) in [6, 6.07) is 13.3. The normalized spacial score (nSPS) is 10.5. The summed E-state index contributed by atoms with van der Waals surface area (Å²) in [6.07, 6.45) is -0.494. The molecular formula is C21H29IN4O4. The van der Waals surface area contributed by atoms with Crippen LogP contribution in [0.25, 0.3) is 0 Å². The number of methoxy groups -OCH3 is 3. The van der Waals surface area contributed by atoms with E-state index in [0.29, 0.717) is 18.8 Å². The Morgan fingerprint density at radius 2 is 1.77 bits per heavy atom. The Morgan fingerprint density at radius 1 is 1.07 bits per heavy atom. The molecule has 2 aromatic rings. The zero-order valence-corrected chi connectivity index (χ0v) is 20.2. The lowest BCUT2D eigenvalue weighted by atomic mass is 10.2. The molecule has 0 spiro atoms. The molecule has 0 bridgehead atoms. The second kappa shape index (κ2) is 12.8. The van der Waals surface area contributed by atoms with Crippen molar-refractivity contribution in [1.29, 1.82) is 0 Å². The molecule has 0 atom stereocenters. The van der Waals surface area contributed by atoms with Gasteiger partial charge >= 0.3 is 6.09 Å². The van der Waals surface area contributed by atoms with Gasteiger partial charge in [-0.1, -0.05) is 12.1 Å². The van der Waals surface area contributed by atoms with Gasteiger partial charge in [0, 0.05) is 44.5 Å². The van der Waals surface area contributed by atoms with Gasteiger partial charge < -0.3 is 24.4 Å². The summed E-state index contributed by atoms with van der Waals surface area (Å²) >= 11 is 0. The number of anilines is 1. The van der Waals surface area contributed by atoms with Crippen molar-refractivity contribution in [3.63, 3.8) is 0 Å². The van der Waals surface area contributed by atoms with E-state index in [0.717, 1.165) is 28.6 Å². The van der Waals surface area contributed by atoms with Crippen LogP contribution in [0.2, 0.25) is 0 Å². The summed E-state index contributed by atoms with van der Waals surface area (Å²) in [6.45, 7) is 1.21. The number of benzene rings is 2. The van der Waals surface area contributed by atoms with Crippen LogP contribution in [-0.4, -0.2) is 52.4 Å². The van der Waals surface area contributed by atoms with Crippen LogP contribution in [0.1, 0.15) is 11.1 Å². The van der Waals surface area contributed by atoms with Crippen molar-refractivity contribution in [3.8, 4) is 11.5 Å². The molecule has 30 heavy (non-hydrogen) atoms. The van der Waals surface area contributed by atoms with Crippen molar-refractivity contribution in [1.82, 2.24) is 10.2 Å². The van der Waals surface area contributed by atoms with Gasteiger partial charge in [-0.2, -0.15) is 0 Å². The highest BCUT2D eigenvalue weighted by molar-refractivity contribution is 14.0. The minimum Gasteiger partial charge on any atom is -0.497 e. The summed E-state index contributed by atoms with van der Waals surface area (Å²) in [4.78, 5) is 17.6. The molecular weight excluding hydrogens is 499 g/mol. The first-order chi connectivity index (χ1) is 14.0. The Bertz CT molecular complexity index is 843. The Hall–Kier alpha value is -2.69. The molecule has 0 saturated carbocycles. The van der Waals surface area contributed by atoms with E-state index in [2.05, 4.69) is 20.4 Å². The van der Waals surface area contributed by atoms with Crippen LogP contribution in [0.5, 0.6) is 11.5 Å². The third-order valence-corrected chi connectivity index (χ3v) is 4.31. The minimum atomic E-state index is -0.494. The first kappa shape index (κ1) is 25.3. The second-order valence-electron chi connectivity index (χ2n) is 6.25. The van der Waals surface area contributed by atoms with Gasteiger partial charge in [0.25, 0.3) is 0 Å². The molecule has 2 aromatic carbocycles. The fourth-order valence-electron chi connectivity index (χ4n) is 2.75. The molecule has 0 saturated heterocycles. The zero-order chi connectivity index (χ0) is 21.2. The summed E-state index contributed by atoms with van der Waals surface area (Å²) in [5.41, 5.74) is 2.75. The Morgan fingerprint density at radius 3 is 2.33 bits per heavy atom. The number of nitrogens with zero attached hydrogens (tertiary/aromatic N) is 2. The van der Waals surface area contributed by atoms with E-state index < -0.39 is 6.09 Å². The monoisotopic (exact) mass is 528 g/mol. The molecule has 2 N–H and O–H groups in total. The summed E-state index contributed by atoms with van der Waals surface area (Å²) in [7, 11) is 8.31. The molecule has 9 heteroatoms. The SMILES string of the molecule is CN=C(NCc1ccc(NC(=O)OC)cc1)N(C)Cc1ccc(OC)cc1OC.I. The first-order valence-electron chi connectivity index (χ1n) is 9.07. The molecule has 0 aliphatic heterocycles. The Labute approximate surface area is 194 Å². The number of rotatable bonds is 7. The van der Waals surface area contributed by atoms with Gasteiger partial charge in [-0.05, 0) is 29.8 Å². The van der Waals surface area contributed by atoms with Crippen molar-refractivity contribution >= 4 is 41.7 Å².